The summed E-state index contributed by atoms with van der Waals surface area (Å²) < 4.78 is 6.25. The Balaban J connectivity index is 1.61. The maximum Gasteiger partial charge on any atom is 0.120 e. The summed E-state index contributed by atoms with van der Waals surface area (Å²) in [6.45, 7) is 2.18. The maximum absolute atomic E-state index is 6.25. The third-order valence-electron chi connectivity index (χ3n) is 5.27. The minimum absolute atomic E-state index is 0.408. The summed E-state index contributed by atoms with van der Waals surface area (Å²) in [5, 5.41) is 1.30. The highest BCUT2D eigenvalue weighted by molar-refractivity contribution is 5.93. The van der Waals surface area contributed by atoms with E-state index in [4.69, 9.17) is 4.74 Å². The van der Waals surface area contributed by atoms with Crippen LogP contribution in [0, 0.1) is 0 Å². The number of ether oxygens (including phenoxy) is 1. The average Bonchev–Trinajstić information content (AvgIpc) is 3.00. The summed E-state index contributed by atoms with van der Waals surface area (Å²) >= 11 is 0. The van der Waals surface area contributed by atoms with Gasteiger partial charge in [0.25, 0.3) is 0 Å². The number of benzene rings is 1. The summed E-state index contributed by atoms with van der Waals surface area (Å²) in [7, 11) is 2.18. The standard InChI is InChI=1S/C20H26N2O/c1-22-11-9-15(10-12-22)19-14-21-20-8-7-17(13-18(19)20)23-16-5-3-2-4-6-16/h7-9,13-14,16,21H,2-6,10-12H2,1H3. The molecule has 3 heteroatoms. The molecule has 0 bridgehead atoms. The van der Waals surface area contributed by atoms with E-state index in [1.807, 2.05) is 0 Å². The van der Waals surface area contributed by atoms with Gasteiger partial charge in [-0.1, -0.05) is 12.5 Å². The van der Waals surface area contributed by atoms with Crippen LogP contribution in [0.15, 0.2) is 30.5 Å². The number of aromatic nitrogens is 1. The molecule has 1 aliphatic heterocycles. The Morgan fingerprint density at radius 1 is 1.17 bits per heavy atom. The minimum Gasteiger partial charge on any atom is -0.490 e. The van der Waals surface area contributed by atoms with Crippen molar-refractivity contribution in [1.82, 2.24) is 9.88 Å². The number of hydrogen-bond donors (Lipinski definition) is 1. The van der Waals surface area contributed by atoms with Crippen LogP contribution in [-0.4, -0.2) is 36.1 Å². The van der Waals surface area contributed by atoms with E-state index in [2.05, 4.69) is 47.4 Å². The molecule has 0 unspecified atom stereocenters. The molecule has 0 spiro atoms. The van der Waals surface area contributed by atoms with Crippen LogP contribution in [0.5, 0.6) is 5.75 Å². The Labute approximate surface area is 138 Å². The number of nitrogens with zero attached hydrogens (tertiary/aromatic N) is 1. The van der Waals surface area contributed by atoms with Gasteiger partial charge in [-0.3, -0.25) is 0 Å². The van der Waals surface area contributed by atoms with E-state index in [0.717, 1.165) is 25.3 Å². The SMILES string of the molecule is CN1CC=C(c2c[nH]c3ccc(OC4CCCCC4)cc23)CC1. The van der Waals surface area contributed by atoms with Gasteiger partial charge in [0.2, 0.25) is 0 Å². The van der Waals surface area contributed by atoms with Crippen molar-refractivity contribution in [1.29, 1.82) is 0 Å². The summed E-state index contributed by atoms with van der Waals surface area (Å²) in [5.41, 5.74) is 4.02. The first-order valence-electron chi connectivity index (χ1n) is 8.95. The van der Waals surface area contributed by atoms with Crippen molar-refractivity contribution in [2.24, 2.45) is 0 Å². The Morgan fingerprint density at radius 2 is 2.04 bits per heavy atom. The van der Waals surface area contributed by atoms with Crippen LogP contribution < -0.4 is 4.74 Å². The second kappa shape index (κ2) is 6.40. The van der Waals surface area contributed by atoms with Crippen molar-refractivity contribution in [2.45, 2.75) is 44.6 Å². The monoisotopic (exact) mass is 310 g/mol. The molecule has 1 aromatic heterocycles. The lowest BCUT2D eigenvalue weighted by atomic mass is 9.97. The van der Waals surface area contributed by atoms with Crippen LogP contribution in [0.3, 0.4) is 0 Å². The molecule has 4 rings (SSSR count). The first-order chi connectivity index (χ1) is 11.3. The molecule has 2 aromatic rings. The van der Waals surface area contributed by atoms with E-state index < -0.39 is 0 Å². The molecule has 0 radical (unpaired) electrons. The highest BCUT2D eigenvalue weighted by atomic mass is 16.5. The predicted octanol–water partition coefficient (Wildman–Crippen LogP) is 4.60. The van der Waals surface area contributed by atoms with Crippen LogP contribution in [-0.2, 0) is 0 Å². The van der Waals surface area contributed by atoms with Crippen molar-refractivity contribution in [3.05, 3.63) is 36.0 Å². The van der Waals surface area contributed by atoms with Crippen LogP contribution in [0.1, 0.15) is 44.1 Å². The molecule has 3 nitrogen and oxygen atoms in total. The molecule has 1 aliphatic carbocycles. The first kappa shape index (κ1) is 14.8. The van der Waals surface area contributed by atoms with Gasteiger partial charge in [0.05, 0.1) is 6.10 Å². The molecule has 1 N–H and O–H groups in total. The molecule has 2 aliphatic rings. The van der Waals surface area contributed by atoms with Crippen LogP contribution in [0.25, 0.3) is 16.5 Å². The molecule has 0 amide bonds. The van der Waals surface area contributed by atoms with Crippen molar-refractivity contribution in [2.75, 3.05) is 20.1 Å². The molecule has 23 heavy (non-hydrogen) atoms. The van der Waals surface area contributed by atoms with Gasteiger partial charge in [0, 0.05) is 35.8 Å². The van der Waals surface area contributed by atoms with E-state index in [-0.39, 0.29) is 0 Å². The van der Waals surface area contributed by atoms with Gasteiger partial charge in [0.15, 0.2) is 0 Å². The van der Waals surface area contributed by atoms with Crippen LogP contribution >= 0.6 is 0 Å². The van der Waals surface area contributed by atoms with Gasteiger partial charge < -0.3 is 14.6 Å². The Kier molecular flexibility index (Phi) is 4.13. The number of rotatable bonds is 3. The Hall–Kier alpha value is -1.74. The van der Waals surface area contributed by atoms with Crippen molar-refractivity contribution < 1.29 is 4.74 Å². The van der Waals surface area contributed by atoms with Gasteiger partial charge in [0.1, 0.15) is 5.75 Å². The van der Waals surface area contributed by atoms with Gasteiger partial charge in [-0.15, -0.1) is 0 Å². The largest absolute Gasteiger partial charge is 0.490 e. The van der Waals surface area contributed by atoms with Crippen molar-refractivity contribution >= 4 is 16.5 Å². The quantitative estimate of drug-likeness (QED) is 0.897. The normalized spacial score (nSPS) is 20.7. The number of likely N-dealkylation sites (N-methyl/N-ethyl adjacent to an activating group) is 1. The lowest BCUT2D eigenvalue weighted by molar-refractivity contribution is 0.155. The van der Waals surface area contributed by atoms with Gasteiger partial charge in [-0.2, -0.15) is 0 Å². The lowest BCUT2D eigenvalue weighted by Gasteiger charge is -2.23. The van der Waals surface area contributed by atoms with Crippen molar-refractivity contribution in [3.8, 4) is 5.75 Å². The molecule has 0 atom stereocenters. The fourth-order valence-electron chi connectivity index (χ4n) is 3.83. The fraction of sp³-hybridized carbons (Fsp3) is 0.500. The highest BCUT2D eigenvalue weighted by Crippen LogP contribution is 2.32. The first-order valence-corrected chi connectivity index (χ1v) is 8.95. The van der Waals surface area contributed by atoms with Gasteiger partial charge in [-0.05, 0) is 62.9 Å². The van der Waals surface area contributed by atoms with E-state index in [9.17, 15) is 0 Å². The topological polar surface area (TPSA) is 28.3 Å². The molecule has 2 heterocycles. The molecule has 1 saturated carbocycles. The number of aromatic amines is 1. The molecular weight excluding hydrogens is 284 g/mol. The second-order valence-electron chi connectivity index (χ2n) is 7.03. The third-order valence-corrected chi connectivity index (χ3v) is 5.27. The van der Waals surface area contributed by atoms with E-state index >= 15 is 0 Å². The molecule has 1 aromatic carbocycles. The highest BCUT2D eigenvalue weighted by Gasteiger charge is 2.17. The third kappa shape index (κ3) is 3.16. The molecule has 122 valence electrons. The zero-order valence-electron chi connectivity index (χ0n) is 14.0. The summed E-state index contributed by atoms with van der Waals surface area (Å²) in [6.07, 6.45) is 12.4. The van der Waals surface area contributed by atoms with Gasteiger partial charge >= 0.3 is 0 Å². The van der Waals surface area contributed by atoms with Crippen LogP contribution in [0.2, 0.25) is 0 Å². The van der Waals surface area contributed by atoms with Crippen LogP contribution in [0.4, 0.5) is 0 Å². The number of H-pyrrole nitrogens is 1. The summed E-state index contributed by atoms with van der Waals surface area (Å²) in [4.78, 5) is 5.77. The smallest absolute Gasteiger partial charge is 0.120 e. The van der Waals surface area contributed by atoms with Gasteiger partial charge in [-0.25, -0.2) is 0 Å². The van der Waals surface area contributed by atoms with Crippen molar-refractivity contribution in [3.63, 3.8) is 0 Å². The van der Waals surface area contributed by atoms with E-state index in [1.54, 1.807) is 0 Å². The number of hydrogen-bond acceptors (Lipinski definition) is 2. The Bertz CT molecular complexity index is 710. The summed E-state index contributed by atoms with van der Waals surface area (Å²) in [6, 6.07) is 6.50. The zero-order valence-corrected chi connectivity index (χ0v) is 14.0. The van der Waals surface area contributed by atoms with E-state index in [0.29, 0.717) is 6.10 Å². The average molecular weight is 310 g/mol. The minimum atomic E-state index is 0.408. The molecular formula is C20H26N2O. The molecule has 0 saturated heterocycles. The second-order valence-corrected chi connectivity index (χ2v) is 7.03. The zero-order chi connectivity index (χ0) is 15.6. The lowest BCUT2D eigenvalue weighted by Crippen LogP contribution is -2.23. The summed E-state index contributed by atoms with van der Waals surface area (Å²) in [5.74, 6) is 1.03. The van der Waals surface area contributed by atoms with E-state index in [1.165, 1.54) is 54.1 Å². The number of fused-ring (bicyclic) bond motifs is 1. The predicted molar refractivity (Wildman–Crippen MR) is 95.9 cm³/mol. The maximum atomic E-state index is 6.25. The fourth-order valence-corrected chi connectivity index (χ4v) is 3.83. The number of nitrogens with one attached hydrogen (secondary N) is 1. The molecule has 1 fully saturated rings. The Morgan fingerprint density at radius 3 is 2.83 bits per heavy atom.